The maximum absolute atomic E-state index is 10.8. The lowest BCUT2D eigenvalue weighted by Crippen LogP contribution is -2.22. The number of carboxylic acid groups (broad SMARTS) is 1. The van der Waals surface area contributed by atoms with Crippen LogP contribution in [-0.2, 0) is 0 Å². The highest BCUT2D eigenvalue weighted by Crippen LogP contribution is 2.54. The van der Waals surface area contributed by atoms with Crippen LogP contribution in [0.3, 0.4) is 0 Å². The van der Waals surface area contributed by atoms with Crippen LogP contribution in [0.2, 0.25) is 0 Å². The van der Waals surface area contributed by atoms with Crippen LogP contribution in [0.15, 0.2) is 18.3 Å². The molecule has 0 spiro atoms. The molecule has 1 aromatic rings. The Morgan fingerprint density at radius 3 is 3.24 bits per heavy atom. The second kappa shape index (κ2) is 3.70. The van der Waals surface area contributed by atoms with E-state index in [0.29, 0.717) is 12.5 Å². The third kappa shape index (κ3) is 1.86. The molecule has 1 aromatic heterocycles. The summed E-state index contributed by atoms with van der Waals surface area (Å²) in [6.45, 7) is 2.70. The number of piperidine rings is 1. The number of pyridine rings is 1. The normalized spacial score (nSPS) is 29.8. The molecule has 0 amide bonds. The van der Waals surface area contributed by atoms with E-state index in [4.69, 9.17) is 9.84 Å². The summed E-state index contributed by atoms with van der Waals surface area (Å²) in [6, 6.07) is 2.93. The van der Waals surface area contributed by atoms with E-state index in [2.05, 4.69) is 10.3 Å². The molecule has 5 heteroatoms. The first-order chi connectivity index (χ1) is 8.20. The first kappa shape index (κ1) is 10.5. The van der Waals surface area contributed by atoms with Crippen molar-refractivity contribution in [3.63, 3.8) is 0 Å². The van der Waals surface area contributed by atoms with Gasteiger partial charge >= 0.3 is 5.97 Å². The van der Waals surface area contributed by atoms with Gasteiger partial charge in [0.25, 0.3) is 0 Å². The Hall–Kier alpha value is -1.62. The fourth-order valence-electron chi connectivity index (χ4n) is 2.50. The van der Waals surface area contributed by atoms with Gasteiger partial charge in [-0.25, -0.2) is 9.78 Å². The molecule has 17 heavy (non-hydrogen) atoms. The van der Waals surface area contributed by atoms with E-state index in [0.717, 1.165) is 19.0 Å². The third-order valence-electron chi connectivity index (χ3n) is 3.72. The van der Waals surface area contributed by atoms with Crippen molar-refractivity contribution in [2.45, 2.75) is 6.42 Å². The minimum absolute atomic E-state index is 0.212. The SMILES string of the molecule is O=C(O)c1ccnc(OCC23CNCC2C3)c1. The van der Waals surface area contributed by atoms with Gasteiger partial charge in [0, 0.05) is 24.2 Å². The van der Waals surface area contributed by atoms with Gasteiger partial charge in [-0.05, 0) is 24.9 Å². The van der Waals surface area contributed by atoms with Crippen LogP contribution in [0.5, 0.6) is 5.88 Å². The number of carbonyl (C=O) groups is 1. The molecule has 0 aromatic carbocycles. The third-order valence-corrected chi connectivity index (χ3v) is 3.72. The lowest BCUT2D eigenvalue weighted by atomic mass is 10.1. The zero-order valence-electron chi connectivity index (χ0n) is 9.35. The molecule has 5 nitrogen and oxygen atoms in total. The van der Waals surface area contributed by atoms with Crippen LogP contribution in [0.25, 0.3) is 0 Å². The highest BCUT2D eigenvalue weighted by atomic mass is 16.5. The summed E-state index contributed by atoms with van der Waals surface area (Å²) >= 11 is 0. The first-order valence-electron chi connectivity index (χ1n) is 5.72. The summed E-state index contributed by atoms with van der Waals surface area (Å²) in [7, 11) is 0. The Morgan fingerprint density at radius 2 is 2.59 bits per heavy atom. The van der Waals surface area contributed by atoms with Crippen molar-refractivity contribution in [3.05, 3.63) is 23.9 Å². The van der Waals surface area contributed by atoms with Crippen molar-refractivity contribution < 1.29 is 14.6 Å². The average molecular weight is 234 g/mol. The van der Waals surface area contributed by atoms with Crippen molar-refractivity contribution in [1.29, 1.82) is 0 Å². The predicted molar refractivity (Wildman–Crippen MR) is 60.1 cm³/mol. The number of carboxylic acids is 1. The second-order valence-corrected chi connectivity index (χ2v) is 4.87. The molecule has 2 unspecified atom stereocenters. The summed E-state index contributed by atoms with van der Waals surface area (Å²) in [5, 5.41) is 12.2. The maximum Gasteiger partial charge on any atom is 0.335 e. The zero-order valence-corrected chi connectivity index (χ0v) is 9.35. The van der Waals surface area contributed by atoms with Gasteiger partial charge in [0.1, 0.15) is 0 Å². The minimum atomic E-state index is -0.956. The van der Waals surface area contributed by atoms with Crippen molar-refractivity contribution in [1.82, 2.24) is 10.3 Å². The molecule has 0 radical (unpaired) electrons. The van der Waals surface area contributed by atoms with E-state index in [1.54, 1.807) is 0 Å². The van der Waals surface area contributed by atoms with E-state index in [9.17, 15) is 4.79 Å². The number of aromatic carboxylic acids is 1. The van der Waals surface area contributed by atoms with Gasteiger partial charge in [0.05, 0.1) is 12.2 Å². The van der Waals surface area contributed by atoms with Gasteiger partial charge < -0.3 is 15.2 Å². The molecule has 2 heterocycles. The smallest absolute Gasteiger partial charge is 0.335 e. The predicted octanol–water partition coefficient (Wildman–Crippen LogP) is 0.768. The highest BCUT2D eigenvalue weighted by Gasteiger charge is 2.57. The number of ether oxygens (including phenoxy) is 1. The fourth-order valence-corrected chi connectivity index (χ4v) is 2.50. The molecular weight excluding hydrogens is 220 g/mol. The lowest BCUT2D eigenvalue weighted by molar-refractivity contribution is 0.0696. The second-order valence-electron chi connectivity index (χ2n) is 4.87. The van der Waals surface area contributed by atoms with E-state index in [1.165, 1.54) is 24.8 Å². The van der Waals surface area contributed by atoms with Crippen LogP contribution in [-0.4, -0.2) is 35.8 Å². The first-order valence-corrected chi connectivity index (χ1v) is 5.72. The monoisotopic (exact) mass is 234 g/mol. The van der Waals surface area contributed by atoms with E-state index in [-0.39, 0.29) is 11.0 Å². The van der Waals surface area contributed by atoms with Crippen molar-refractivity contribution in [2.75, 3.05) is 19.7 Å². The Kier molecular flexibility index (Phi) is 2.29. The van der Waals surface area contributed by atoms with Crippen LogP contribution in [0.4, 0.5) is 0 Å². The summed E-state index contributed by atoms with van der Waals surface area (Å²) in [5.41, 5.74) is 0.491. The Bertz CT molecular complexity index is 463. The van der Waals surface area contributed by atoms with Gasteiger partial charge in [-0.15, -0.1) is 0 Å². The molecule has 1 saturated heterocycles. The number of rotatable bonds is 4. The van der Waals surface area contributed by atoms with Gasteiger partial charge in [0.15, 0.2) is 0 Å². The molecule has 1 aliphatic heterocycles. The van der Waals surface area contributed by atoms with Crippen LogP contribution < -0.4 is 10.1 Å². The van der Waals surface area contributed by atoms with Gasteiger partial charge in [-0.2, -0.15) is 0 Å². The number of hydrogen-bond donors (Lipinski definition) is 2. The summed E-state index contributed by atoms with van der Waals surface area (Å²) in [6.07, 6.45) is 2.67. The molecule has 3 rings (SSSR count). The van der Waals surface area contributed by atoms with Crippen molar-refractivity contribution >= 4 is 5.97 Å². The van der Waals surface area contributed by atoms with Gasteiger partial charge in [-0.1, -0.05) is 0 Å². The Labute approximate surface area is 98.8 Å². The largest absolute Gasteiger partial charge is 0.478 e. The van der Waals surface area contributed by atoms with E-state index >= 15 is 0 Å². The zero-order chi connectivity index (χ0) is 11.9. The average Bonchev–Trinajstić information content (AvgIpc) is 2.89. The molecule has 90 valence electrons. The lowest BCUT2D eigenvalue weighted by Gasteiger charge is -2.12. The molecule has 2 aliphatic rings. The van der Waals surface area contributed by atoms with Crippen molar-refractivity contribution in [3.8, 4) is 5.88 Å². The minimum Gasteiger partial charge on any atom is -0.478 e. The van der Waals surface area contributed by atoms with Crippen molar-refractivity contribution in [2.24, 2.45) is 11.3 Å². The molecule has 2 atom stereocenters. The van der Waals surface area contributed by atoms with Gasteiger partial charge in [-0.3, -0.25) is 0 Å². The summed E-state index contributed by atoms with van der Waals surface area (Å²) < 4.78 is 5.61. The van der Waals surface area contributed by atoms with Crippen LogP contribution in [0.1, 0.15) is 16.8 Å². The van der Waals surface area contributed by atoms with E-state index < -0.39 is 5.97 Å². The van der Waals surface area contributed by atoms with Gasteiger partial charge in [0.2, 0.25) is 5.88 Å². The van der Waals surface area contributed by atoms with Crippen LogP contribution in [0, 0.1) is 11.3 Å². The van der Waals surface area contributed by atoms with Crippen LogP contribution >= 0.6 is 0 Å². The summed E-state index contributed by atoms with van der Waals surface area (Å²) in [4.78, 5) is 14.8. The maximum atomic E-state index is 10.8. The number of fused-ring (bicyclic) bond motifs is 1. The summed E-state index contributed by atoms with van der Waals surface area (Å²) in [5.74, 6) is 0.171. The molecule has 2 fully saturated rings. The number of nitrogens with zero attached hydrogens (tertiary/aromatic N) is 1. The fraction of sp³-hybridized carbons (Fsp3) is 0.500. The Balaban J connectivity index is 1.65. The quantitative estimate of drug-likeness (QED) is 0.805. The number of hydrogen-bond acceptors (Lipinski definition) is 4. The topological polar surface area (TPSA) is 71.5 Å². The molecule has 1 aliphatic carbocycles. The molecule has 0 bridgehead atoms. The number of aromatic nitrogens is 1. The molecule has 1 saturated carbocycles. The Morgan fingerprint density at radius 1 is 1.71 bits per heavy atom. The standard InChI is InChI=1S/C12H14N2O3/c15-11(16)8-1-2-14-10(3-8)17-7-12-4-9(12)5-13-6-12/h1-3,9,13H,4-7H2,(H,15,16). The molecular formula is C12H14N2O3. The highest BCUT2D eigenvalue weighted by molar-refractivity contribution is 5.87. The van der Waals surface area contributed by atoms with E-state index in [1.807, 2.05) is 0 Å². The number of nitrogens with one attached hydrogen (secondary N) is 1. The molecule has 2 N–H and O–H groups in total.